The van der Waals surface area contributed by atoms with Crippen molar-refractivity contribution in [3.05, 3.63) is 4.88 Å². The number of carbonyl (C=O) groups is 1. The number of carbonyl (C=O) groups excluding carboxylic acids is 1. The van der Waals surface area contributed by atoms with E-state index >= 15 is 0 Å². The quantitative estimate of drug-likeness (QED) is 0.780. The van der Waals surface area contributed by atoms with Gasteiger partial charge in [0.1, 0.15) is 10.7 Å². The van der Waals surface area contributed by atoms with E-state index in [1.165, 1.54) is 24.2 Å². The number of amides is 1. The molecule has 1 fully saturated rings. The molecule has 0 radical (unpaired) electrons. The van der Waals surface area contributed by atoms with Crippen LogP contribution in [0.4, 0.5) is 10.9 Å². The van der Waals surface area contributed by atoms with Crippen LogP contribution in [-0.4, -0.2) is 23.5 Å². The second kappa shape index (κ2) is 7.11. The Kier molecular flexibility index (Phi) is 5.45. The summed E-state index contributed by atoms with van der Waals surface area (Å²) in [4.78, 5) is 17.1. The highest BCUT2D eigenvalue weighted by Crippen LogP contribution is 2.27. The fraction of sp³-hybridized carbons (Fsp3) is 0.733. The summed E-state index contributed by atoms with van der Waals surface area (Å²) in [5.74, 6) is 1.55. The summed E-state index contributed by atoms with van der Waals surface area (Å²) in [6.07, 6.45) is 4.49. The highest BCUT2D eigenvalue weighted by molar-refractivity contribution is 7.18. The van der Waals surface area contributed by atoms with Crippen LogP contribution < -0.4 is 16.4 Å². The number of nitrogens with two attached hydrogens (primary N) is 1. The van der Waals surface area contributed by atoms with Gasteiger partial charge >= 0.3 is 0 Å². The van der Waals surface area contributed by atoms with E-state index < -0.39 is 0 Å². The zero-order valence-corrected chi connectivity index (χ0v) is 13.9. The van der Waals surface area contributed by atoms with Crippen LogP contribution in [0.3, 0.4) is 0 Å². The summed E-state index contributed by atoms with van der Waals surface area (Å²) in [7, 11) is 0. The Morgan fingerprint density at radius 2 is 2.05 bits per heavy atom. The molecule has 1 aromatic rings. The lowest BCUT2D eigenvalue weighted by atomic mass is 9.87. The van der Waals surface area contributed by atoms with Gasteiger partial charge in [-0.05, 0) is 37.5 Å². The number of nitrogen functional groups attached to an aromatic ring is 1. The average Bonchev–Trinajstić information content (AvgIpc) is 2.80. The number of nitrogens with zero attached hydrogens (tertiary/aromatic N) is 1. The second-order valence-electron chi connectivity index (χ2n) is 6.44. The van der Waals surface area contributed by atoms with Crippen molar-refractivity contribution in [3.8, 4) is 0 Å². The van der Waals surface area contributed by atoms with Crippen LogP contribution in [0.2, 0.25) is 0 Å². The highest BCUT2D eigenvalue weighted by Gasteiger charge is 2.23. The Bertz CT molecular complexity index is 478. The van der Waals surface area contributed by atoms with E-state index in [0.717, 1.165) is 30.4 Å². The van der Waals surface area contributed by atoms with E-state index in [0.29, 0.717) is 16.6 Å². The number of hydrogen-bond acceptors (Lipinski definition) is 5. The molecule has 5 nitrogen and oxygen atoms in total. The van der Waals surface area contributed by atoms with Crippen molar-refractivity contribution in [3.63, 3.8) is 0 Å². The first kappa shape index (κ1) is 16.1. The zero-order chi connectivity index (χ0) is 15.4. The zero-order valence-electron chi connectivity index (χ0n) is 13.1. The number of anilines is 2. The maximum absolute atomic E-state index is 12.3. The minimum atomic E-state index is -0.0813. The molecule has 1 aliphatic carbocycles. The Hall–Kier alpha value is -1.30. The first-order chi connectivity index (χ1) is 9.95. The van der Waals surface area contributed by atoms with Gasteiger partial charge in [0.05, 0.1) is 0 Å². The summed E-state index contributed by atoms with van der Waals surface area (Å²) in [5.41, 5.74) is 5.87. The fourth-order valence-corrected chi connectivity index (χ4v) is 3.31. The summed E-state index contributed by atoms with van der Waals surface area (Å²) in [6.45, 7) is 7.35. The maximum atomic E-state index is 12.3. The van der Waals surface area contributed by atoms with E-state index in [9.17, 15) is 4.79 Å². The van der Waals surface area contributed by atoms with Gasteiger partial charge in [0.2, 0.25) is 0 Å². The Morgan fingerprint density at radius 3 is 2.67 bits per heavy atom. The lowest BCUT2D eigenvalue weighted by Crippen LogP contribution is -2.37. The van der Waals surface area contributed by atoms with Crippen LogP contribution in [0.15, 0.2) is 0 Å². The normalized spacial score (nSPS) is 22.3. The van der Waals surface area contributed by atoms with Crippen molar-refractivity contribution in [1.82, 2.24) is 10.3 Å². The molecule has 1 saturated carbocycles. The van der Waals surface area contributed by atoms with Gasteiger partial charge in [0.25, 0.3) is 5.91 Å². The third-order valence-corrected chi connectivity index (χ3v) is 4.90. The molecule has 1 heterocycles. The largest absolute Gasteiger partial charge is 0.382 e. The van der Waals surface area contributed by atoms with E-state index in [-0.39, 0.29) is 11.9 Å². The van der Waals surface area contributed by atoms with Gasteiger partial charge in [-0.25, -0.2) is 4.98 Å². The molecular weight excluding hydrogens is 284 g/mol. The molecule has 1 aromatic heterocycles. The van der Waals surface area contributed by atoms with Crippen LogP contribution in [0.1, 0.15) is 56.1 Å². The number of rotatable bonds is 5. The Balaban J connectivity index is 1.92. The van der Waals surface area contributed by atoms with Gasteiger partial charge in [-0.15, -0.1) is 0 Å². The molecule has 0 aliphatic heterocycles. The van der Waals surface area contributed by atoms with Crippen LogP contribution in [0, 0.1) is 11.8 Å². The third-order valence-electron chi connectivity index (χ3n) is 3.87. The highest BCUT2D eigenvalue weighted by atomic mass is 32.1. The van der Waals surface area contributed by atoms with E-state index in [4.69, 9.17) is 5.73 Å². The van der Waals surface area contributed by atoms with E-state index in [2.05, 4.69) is 36.4 Å². The SMILES string of the molecule is CC(C)CNc1nc(N)c(C(=O)NC2CCC(C)CC2)s1. The lowest BCUT2D eigenvalue weighted by molar-refractivity contribution is 0.0928. The summed E-state index contributed by atoms with van der Waals surface area (Å²) >= 11 is 1.34. The van der Waals surface area contributed by atoms with Gasteiger partial charge in [-0.3, -0.25) is 4.79 Å². The van der Waals surface area contributed by atoms with Crippen molar-refractivity contribution in [2.45, 2.75) is 52.5 Å². The van der Waals surface area contributed by atoms with Crippen molar-refractivity contribution < 1.29 is 4.79 Å². The van der Waals surface area contributed by atoms with Gasteiger partial charge < -0.3 is 16.4 Å². The Labute approximate surface area is 130 Å². The molecule has 0 unspecified atom stereocenters. The molecular formula is C15H26N4OS. The molecule has 6 heteroatoms. The fourth-order valence-electron chi connectivity index (χ4n) is 2.52. The molecule has 118 valence electrons. The average molecular weight is 310 g/mol. The molecule has 0 spiro atoms. The van der Waals surface area contributed by atoms with Crippen molar-refractivity contribution >= 4 is 28.2 Å². The summed E-state index contributed by atoms with van der Waals surface area (Å²) < 4.78 is 0. The maximum Gasteiger partial charge on any atom is 0.265 e. The monoisotopic (exact) mass is 310 g/mol. The molecule has 0 saturated heterocycles. The first-order valence-electron chi connectivity index (χ1n) is 7.76. The predicted octanol–water partition coefficient (Wildman–Crippen LogP) is 3.10. The molecule has 0 bridgehead atoms. The van der Waals surface area contributed by atoms with Gasteiger partial charge in [0, 0.05) is 12.6 Å². The first-order valence-corrected chi connectivity index (χ1v) is 8.58. The van der Waals surface area contributed by atoms with E-state index in [1.54, 1.807) is 0 Å². The number of hydrogen-bond donors (Lipinski definition) is 3. The van der Waals surface area contributed by atoms with Gasteiger partial charge in [0.15, 0.2) is 5.13 Å². The number of thiazole rings is 1. The van der Waals surface area contributed by atoms with Crippen LogP contribution in [0.5, 0.6) is 0 Å². The Morgan fingerprint density at radius 1 is 1.38 bits per heavy atom. The predicted molar refractivity (Wildman–Crippen MR) is 88.7 cm³/mol. The van der Waals surface area contributed by atoms with Crippen LogP contribution in [0.25, 0.3) is 0 Å². The molecule has 1 aliphatic rings. The minimum Gasteiger partial charge on any atom is -0.382 e. The molecule has 2 rings (SSSR count). The van der Waals surface area contributed by atoms with Crippen molar-refractivity contribution in [2.75, 3.05) is 17.6 Å². The smallest absolute Gasteiger partial charge is 0.265 e. The minimum absolute atomic E-state index is 0.0813. The van der Waals surface area contributed by atoms with Gasteiger partial charge in [-0.1, -0.05) is 32.1 Å². The summed E-state index contributed by atoms with van der Waals surface area (Å²) in [5, 5.41) is 7.04. The topological polar surface area (TPSA) is 80.0 Å². The molecule has 4 N–H and O–H groups in total. The van der Waals surface area contributed by atoms with Crippen molar-refractivity contribution in [1.29, 1.82) is 0 Å². The second-order valence-corrected chi connectivity index (χ2v) is 7.44. The number of nitrogens with one attached hydrogen (secondary N) is 2. The van der Waals surface area contributed by atoms with Crippen LogP contribution in [-0.2, 0) is 0 Å². The third kappa shape index (κ3) is 4.59. The van der Waals surface area contributed by atoms with E-state index in [1.807, 2.05) is 0 Å². The lowest BCUT2D eigenvalue weighted by Gasteiger charge is -2.26. The molecule has 0 aromatic carbocycles. The van der Waals surface area contributed by atoms with Crippen LogP contribution >= 0.6 is 11.3 Å². The molecule has 21 heavy (non-hydrogen) atoms. The molecule has 1 amide bonds. The standard InChI is InChI=1S/C15H26N4OS/c1-9(2)8-17-15-19-13(16)12(21-15)14(20)18-11-6-4-10(3)5-7-11/h9-11H,4-8,16H2,1-3H3,(H,17,19)(H,18,20). The van der Waals surface area contributed by atoms with Crippen molar-refractivity contribution in [2.24, 2.45) is 11.8 Å². The van der Waals surface area contributed by atoms with Gasteiger partial charge in [-0.2, -0.15) is 0 Å². The summed E-state index contributed by atoms with van der Waals surface area (Å²) in [6, 6.07) is 0.280. The molecule has 0 atom stereocenters. The number of aromatic nitrogens is 1.